The van der Waals surface area contributed by atoms with Crippen molar-refractivity contribution >= 4 is 10.8 Å². The number of fused-ring (bicyclic) bond motifs is 1. The Kier molecular flexibility index (Phi) is 3.78. The minimum Gasteiger partial charge on any atom is -0.342 e. The Balaban J connectivity index is 0.000000574. The summed E-state index contributed by atoms with van der Waals surface area (Å²) in [5, 5.41) is 2.51. The molecule has 0 fully saturated rings. The summed E-state index contributed by atoms with van der Waals surface area (Å²) in [4.78, 5) is 7.52. The van der Waals surface area contributed by atoms with E-state index in [1.807, 2.05) is 27.0 Å². The van der Waals surface area contributed by atoms with Crippen molar-refractivity contribution in [3.05, 3.63) is 54.5 Å². The van der Waals surface area contributed by atoms with Gasteiger partial charge in [0.25, 0.3) is 0 Å². The monoisotopic (exact) mass is 238 g/mol. The van der Waals surface area contributed by atoms with Crippen molar-refractivity contribution in [1.82, 2.24) is 9.97 Å². The van der Waals surface area contributed by atoms with Crippen LogP contribution in [0.3, 0.4) is 0 Å². The summed E-state index contributed by atoms with van der Waals surface area (Å²) < 4.78 is 0. The number of hydrogen-bond acceptors (Lipinski definition) is 1. The molecule has 0 saturated heterocycles. The second-order valence-electron chi connectivity index (χ2n) is 3.91. The molecule has 0 saturated carbocycles. The Morgan fingerprint density at radius 3 is 2.39 bits per heavy atom. The summed E-state index contributed by atoms with van der Waals surface area (Å²) in [6.45, 7) is 5.97. The molecule has 0 atom stereocenters. The van der Waals surface area contributed by atoms with E-state index in [1.54, 1.807) is 0 Å². The number of rotatable bonds is 1. The summed E-state index contributed by atoms with van der Waals surface area (Å²) in [6.07, 6.45) is 1.89. The highest BCUT2D eigenvalue weighted by atomic mass is 14.9. The molecule has 0 aliphatic rings. The van der Waals surface area contributed by atoms with Crippen LogP contribution >= 0.6 is 0 Å². The Morgan fingerprint density at radius 2 is 1.67 bits per heavy atom. The zero-order valence-electron chi connectivity index (χ0n) is 11.1. The molecule has 1 aromatic heterocycles. The number of aromatic nitrogens is 2. The molecule has 1 N–H and O–H groups in total. The Bertz CT molecular complexity index is 633. The first kappa shape index (κ1) is 12.4. The van der Waals surface area contributed by atoms with Crippen LogP contribution in [0.15, 0.2) is 48.7 Å². The van der Waals surface area contributed by atoms with Gasteiger partial charge in [0.05, 0.1) is 11.9 Å². The lowest BCUT2D eigenvalue weighted by atomic mass is 10.0. The predicted octanol–water partition coefficient (Wildman–Crippen LogP) is 4.56. The molecule has 3 aromatic rings. The number of aryl methyl sites for hydroxylation is 1. The van der Waals surface area contributed by atoms with E-state index in [2.05, 4.69) is 52.4 Å². The van der Waals surface area contributed by atoms with Gasteiger partial charge in [0.2, 0.25) is 0 Å². The van der Waals surface area contributed by atoms with Crippen molar-refractivity contribution in [1.29, 1.82) is 0 Å². The third-order valence-electron chi connectivity index (χ3n) is 2.78. The molecule has 0 unspecified atom stereocenters. The summed E-state index contributed by atoms with van der Waals surface area (Å²) in [5.74, 6) is 0.947. The predicted molar refractivity (Wildman–Crippen MR) is 77.6 cm³/mol. The van der Waals surface area contributed by atoms with Gasteiger partial charge in [0, 0.05) is 5.56 Å². The van der Waals surface area contributed by atoms with Crippen molar-refractivity contribution in [3.63, 3.8) is 0 Å². The highest BCUT2D eigenvalue weighted by molar-refractivity contribution is 5.95. The maximum atomic E-state index is 4.24. The van der Waals surface area contributed by atoms with Crippen LogP contribution in [0.5, 0.6) is 0 Å². The van der Waals surface area contributed by atoms with Crippen LogP contribution < -0.4 is 0 Å². The molecule has 0 radical (unpaired) electrons. The third kappa shape index (κ3) is 2.28. The molecule has 0 aliphatic carbocycles. The average Bonchev–Trinajstić information content (AvgIpc) is 2.87. The van der Waals surface area contributed by atoms with E-state index in [-0.39, 0.29) is 0 Å². The first-order valence-electron chi connectivity index (χ1n) is 6.34. The van der Waals surface area contributed by atoms with Crippen molar-refractivity contribution in [2.75, 3.05) is 0 Å². The molecule has 0 spiro atoms. The molecular weight excluding hydrogens is 220 g/mol. The molecule has 2 nitrogen and oxygen atoms in total. The van der Waals surface area contributed by atoms with E-state index < -0.39 is 0 Å². The van der Waals surface area contributed by atoms with Crippen LogP contribution in [0.4, 0.5) is 0 Å². The Morgan fingerprint density at radius 1 is 0.944 bits per heavy atom. The molecule has 2 aromatic carbocycles. The van der Waals surface area contributed by atoms with Gasteiger partial charge in [-0.3, -0.25) is 0 Å². The Labute approximate surface area is 108 Å². The fraction of sp³-hybridized carbons (Fsp3) is 0.188. The van der Waals surface area contributed by atoms with Crippen LogP contribution in [0.25, 0.3) is 22.0 Å². The SMILES string of the molecule is CC.Cc1ncc(-c2cccc3ccccc23)[nH]1. The van der Waals surface area contributed by atoms with Gasteiger partial charge in [-0.2, -0.15) is 0 Å². The minimum atomic E-state index is 0.947. The number of benzene rings is 2. The summed E-state index contributed by atoms with van der Waals surface area (Å²) in [7, 11) is 0. The fourth-order valence-corrected chi connectivity index (χ4v) is 2.02. The first-order chi connectivity index (χ1) is 8.84. The summed E-state index contributed by atoms with van der Waals surface area (Å²) in [6, 6.07) is 14.7. The lowest BCUT2D eigenvalue weighted by Crippen LogP contribution is -1.81. The van der Waals surface area contributed by atoms with Crippen LogP contribution in [0, 0.1) is 6.92 Å². The number of hydrogen-bond donors (Lipinski definition) is 1. The van der Waals surface area contributed by atoms with E-state index >= 15 is 0 Å². The average molecular weight is 238 g/mol. The van der Waals surface area contributed by atoms with Gasteiger partial charge >= 0.3 is 0 Å². The maximum absolute atomic E-state index is 4.24. The highest BCUT2D eigenvalue weighted by Gasteiger charge is 2.04. The van der Waals surface area contributed by atoms with Crippen molar-refractivity contribution in [2.45, 2.75) is 20.8 Å². The Hall–Kier alpha value is -2.09. The molecule has 0 bridgehead atoms. The number of aromatic amines is 1. The topological polar surface area (TPSA) is 28.7 Å². The van der Waals surface area contributed by atoms with E-state index in [1.165, 1.54) is 16.3 Å². The highest BCUT2D eigenvalue weighted by Crippen LogP contribution is 2.26. The summed E-state index contributed by atoms with van der Waals surface area (Å²) >= 11 is 0. The normalized spacial score (nSPS) is 9.94. The van der Waals surface area contributed by atoms with E-state index in [4.69, 9.17) is 0 Å². The standard InChI is InChI=1S/C14H12N2.C2H6/c1-10-15-9-14(16-10)13-8-4-6-11-5-2-3-7-12(11)13;1-2/h2-9H,1H3,(H,15,16);1-2H3. The molecule has 18 heavy (non-hydrogen) atoms. The van der Waals surface area contributed by atoms with Gasteiger partial charge < -0.3 is 4.98 Å². The van der Waals surface area contributed by atoms with Gasteiger partial charge in [0.15, 0.2) is 0 Å². The van der Waals surface area contributed by atoms with Crippen molar-refractivity contribution in [3.8, 4) is 11.3 Å². The molecule has 3 rings (SSSR count). The smallest absolute Gasteiger partial charge is 0.103 e. The lowest BCUT2D eigenvalue weighted by molar-refractivity contribution is 1.15. The first-order valence-corrected chi connectivity index (χ1v) is 6.34. The van der Waals surface area contributed by atoms with Crippen LogP contribution in [-0.4, -0.2) is 9.97 Å². The van der Waals surface area contributed by atoms with Gasteiger partial charge in [-0.1, -0.05) is 56.3 Å². The molecule has 92 valence electrons. The van der Waals surface area contributed by atoms with E-state index in [0.717, 1.165) is 11.5 Å². The third-order valence-corrected chi connectivity index (χ3v) is 2.78. The van der Waals surface area contributed by atoms with Gasteiger partial charge in [-0.15, -0.1) is 0 Å². The second kappa shape index (κ2) is 5.50. The molecular formula is C16H18N2. The zero-order valence-corrected chi connectivity index (χ0v) is 11.1. The number of imidazole rings is 1. The van der Waals surface area contributed by atoms with Crippen molar-refractivity contribution in [2.24, 2.45) is 0 Å². The van der Waals surface area contributed by atoms with Gasteiger partial charge in [-0.25, -0.2) is 4.98 Å². The molecule has 0 aliphatic heterocycles. The summed E-state index contributed by atoms with van der Waals surface area (Å²) in [5.41, 5.74) is 2.29. The van der Waals surface area contributed by atoms with Crippen LogP contribution in [-0.2, 0) is 0 Å². The largest absolute Gasteiger partial charge is 0.342 e. The van der Waals surface area contributed by atoms with Crippen molar-refractivity contribution < 1.29 is 0 Å². The number of H-pyrrole nitrogens is 1. The van der Waals surface area contributed by atoms with Gasteiger partial charge in [-0.05, 0) is 17.7 Å². The second-order valence-corrected chi connectivity index (χ2v) is 3.91. The molecule has 2 heteroatoms. The van der Waals surface area contributed by atoms with Gasteiger partial charge in [0.1, 0.15) is 5.82 Å². The van der Waals surface area contributed by atoms with E-state index in [9.17, 15) is 0 Å². The van der Waals surface area contributed by atoms with E-state index in [0.29, 0.717) is 0 Å². The fourth-order valence-electron chi connectivity index (χ4n) is 2.02. The van der Waals surface area contributed by atoms with Crippen LogP contribution in [0.1, 0.15) is 19.7 Å². The quantitative estimate of drug-likeness (QED) is 0.661. The molecule has 0 amide bonds. The lowest BCUT2D eigenvalue weighted by Gasteiger charge is -2.03. The number of nitrogens with one attached hydrogen (secondary N) is 1. The number of nitrogens with zero attached hydrogens (tertiary/aromatic N) is 1. The maximum Gasteiger partial charge on any atom is 0.103 e. The zero-order chi connectivity index (χ0) is 13.0. The molecule has 1 heterocycles. The minimum absolute atomic E-state index is 0.947. The van der Waals surface area contributed by atoms with Crippen LogP contribution in [0.2, 0.25) is 0 Å².